The van der Waals surface area contributed by atoms with Gasteiger partial charge < -0.3 is 5.32 Å². The average Bonchev–Trinajstić information content (AvgIpc) is 3.24. The van der Waals surface area contributed by atoms with Gasteiger partial charge in [0.2, 0.25) is 5.91 Å². The number of nitrogens with zero attached hydrogens (tertiary/aromatic N) is 4. The number of hydrogen-bond acceptors (Lipinski definition) is 6. The highest BCUT2D eigenvalue weighted by atomic mass is 32.1. The number of aromatic nitrogens is 4. The average molecular weight is 475 g/mol. The van der Waals surface area contributed by atoms with Crippen LogP contribution in [0.2, 0.25) is 0 Å². The molecule has 0 atom stereocenters. The van der Waals surface area contributed by atoms with Crippen molar-refractivity contribution in [3.8, 4) is 11.3 Å². The Bertz CT molecular complexity index is 1500. The third-order valence-electron chi connectivity index (χ3n) is 5.05. The molecule has 0 unspecified atom stereocenters. The van der Waals surface area contributed by atoms with Gasteiger partial charge in [-0.25, -0.2) is 9.78 Å². The van der Waals surface area contributed by atoms with Gasteiger partial charge in [-0.2, -0.15) is 13.2 Å². The van der Waals surface area contributed by atoms with E-state index in [2.05, 4.69) is 15.3 Å². The Balaban J connectivity index is 1.58. The number of carbonyl (C=O) groups is 1. The molecule has 0 spiro atoms. The minimum Gasteiger partial charge on any atom is -0.302 e. The molecule has 33 heavy (non-hydrogen) atoms. The molecule has 4 aromatic rings. The zero-order chi connectivity index (χ0) is 23.9. The van der Waals surface area contributed by atoms with Gasteiger partial charge in [-0.3, -0.25) is 23.7 Å². The number of pyridine rings is 1. The Hall–Kier alpha value is -3.80. The quantitative estimate of drug-likeness (QED) is 0.489. The third-order valence-corrected chi connectivity index (χ3v) is 5.80. The highest BCUT2D eigenvalue weighted by molar-refractivity contribution is 7.14. The molecule has 170 valence electrons. The maximum absolute atomic E-state index is 13.0. The summed E-state index contributed by atoms with van der Waals surface area (Å²) in [5.74, 6) is -0.495. The predicted molar refractivity (Wildman–Crippen MR) is 117 cm³/mol. The van der Waals surface area contributed by atoms with Crippen LogP contribution in [0.1, 0.15) is 11.1 Å². The number of amides is 1. The fourth-order valence-corrected chi connectivity index (χ4v) is 4.10. The van der Waals surface area contributed by atoms with Crippen molar-refractivity contribution in [1.29, 1.82) is 0 Å². The standard InChI is InChI=1S/C21H16F3N5O3S/c1-28-15-9-25-8-12(17(15)18(31)29(2)20(28)32)7-16(30)27-19-26-14(10-33-19)11-4-3-5-13(6-11)21(22,23)24/h3-6,8-10H,7H2,1-2H3,(H,26,27,30). The molecule has 1 N–H and O–H groups in total. The van der Waals surface area contributed by atoms with Crippen LogP contribution in [0.5, 0.6) is 0 Å². The molecule has 3 heterocycles. The molecule has 4 rings (SSSR count). The Morgan fingerprint density at radius 2 is 1.91 bits per heavy atom. The molecule has 0 aliphatic carbocycles. The first-order valence-corrected chi connectivity index (χ1v) is 10.4. The lowest BCUT2D eigenvalue weighted by Crippen LogP contribution is -2.37. The zero-order valence-corrected chi connectivity index (χ0v) is 18.1. The minimum atomic E-state index is -4.48. The molecular weight excluding hydrogens is 459 g/mol. The van der Waals surface area contributed by atoms with Gasteiger partial charge in [0.1, 0.15) is 0 Å². The van der Waals surface area contributed by atoms with Crippen molar-refractivity contribution in [2.75, 3.05) is 5.32 Å². The van der Waals surface area contributed by atoms with Crippen LogP contribution < -0.4 is 16.6 Å². The number of carbonyl (C=O) groups excluding carboxylic acids is 1. The van der Waals surface area contributed by atoms with Crippen LogP contribution in [0.25, 0.3) is 22.2 Å². The number of halogens is 3. The summed E-state index contributed by atoms with van der Waals surface area (Å²) in [7, 11) is 2.85. The topological polar surface area (TPSA) is 98.9 Å². The molecule has 1 aromatic carbocycles. The van der Waals surface area contributed by atoms with Crippen molar-refractivity contribution in [3.05, 3.63) is 74.0 Å². The molecule has 0 aliphatic rings. The van der Waals surface area contributed by atoms with Crippen molar-refractivity contribution >= 4 is 33.3 Å². The Morgan fingerprint density at radius 1 is 1.15 bits per heavy atom. The number of hydrogen-bond donors (Lipinski definition) is 1. The van der Waals surface area contributed by atoms with E-state index in [1.807, 2.05) is 0 Å². The summed E-state index contributed by atoms with van der Waals surface area (Å²) in [5, 5.41) is 4.53. The molecule has 0 saturated heterocycles. The molecule has 0 radical (unpaired) electrons. The van der Waals surface area contributed by atoms with Gasteiger partial charge in [-0.1, -0.05) is 12.1 Å². The first kappa shape index (κ1) is 22.4. The molecule has 0 bridgehead atoms. The number of rotatable bonds is 4. The minimum absolute atomic E-state index is 0.195. The second-order valence-electron chi connectivity index (χ2n) is 7.24. The molecule has 0 aliphatic heterocycles. The number of aryl methyl sites for hydroxylation is 1. The smallest absolute Gasteiger partial charge is 0.302 e. The molecule has 1 amide bonds. The summed E-state index contributed by atoms with van der Waals surface area (Å²) in [4.78, 5) is 45.6. The normalized spacial score (nSPS) is 11.7. The number of alkyl halides is 3. The predicted octanol–water partition coefficient (Wildman–Crippen LogP) is 2.96. The first-order chi connectivity index (χ1) is 15.6. The van der Waals surface area contributed by atoms with Crippen LogP contribution >= 0.6 is 11.3 Å². The van der Waals surface area contributed by atoms with Crippen molar-refractivity contribution in [3.63, 3.8) is 0 Å². The molecule has 3 aromatic heterocycles. The van der Waals surface area contributed by atoms with Gasteiger partial charge in [-0.05, 0) is 17.7 Å². The van der Waals surface area contributed by atoms with Crippen LogP contribution in [0.4, 0.5) is 18.3 Å². The summed E-state index contributed by atoms with van der Waals surface area (Å²) < 4.78 is 41.1. The van der Waals surface area contributed by atoms with Crippen molar-refractivity contribution < 1.29 is 18.0 Å². The number of fused-ring (bicyclic) bond motifs is 1. The zero-order valence-electron chi connectivity index (χ0n) is 17.3. The maximum Gasteiger partial charge on any atom is 0.416 e. The van der Waals surface area contributed by atoms with E-state index in [0.717, 1.165) is 28.0 Å². The van der Waals surface area contributed by atoms with Gasteiger partial charge in [-0.15, -0.1) is 11.3 Å². The first-order valence-electron chi connectivity index (χ1n) is 9.52. The highest BCUT2D eigenvalue weighted by Gasteiger charge is 2.30. The van der Waals surface area contributed by atoms with Gasteiger partial charge in [0.05, 0.1) is 34.8 Å². The monoisotopic (exact) mass is 475 g/mol. The second-order valence-corrected chi connectivity index (χ2v) is 8.10. The second kappa shape index (κ2) is 8.28. The molecule has 8 nitrogen and oxygen atoms in total. The Labute approximate surface area is 188 Å². The van der Waals surface area contributed by atoms with E-state index in [1.54, 1.807) is 0 Å². The van der Waals surface area contributed by atoms with Gasteiger partial charge in [0, 0.05) is 31.2 Å². The maximum atomic E-state index is 13.0. The van der Waals surface area contributed by atoms with Gasteiger partial charge >= 0.3 is 11.9 Å². The van der Waals surface area contributed by atoms with Crippen molar-refractivity contribution in [2.24, 2.45) is 14.1 Å². The van der Waals surface area contributed by atoms with E-state index in [1.165, 1.54) is 48.6 Å². The summed E-state index contributed by atoms with van der Waals surface area (Å²) in [6, 6.07) is 4.74. The van der Waals surface area contributed by atoms with Crippen molar-refractivity contribution in [2.45, 2.75) is 12.6 Å². The van der Waals surface area contributed by atoms with Crippen LogP contribution in [0.15, 0.2) is 51.6 Å². The van der Waals surface area contributed by atoms with E-state index in [-0.39, 0.29) is 28.2 Å². The lowest BCUT2D eigenvalue weighted by atomic mass is 10.1. The Morgan fingerprint density at radius 3 is 2.64 bits per heavy atom. The van der Waals surface area contributed by atoms with E-state index >= 15 is 0 Å². The van der Waals surface area contributed by atoms with E-state index in [4.69, 9.17) is 0 Å². The largest absolute Gasteiger partial charge is 0.416 e. The number of benzene rings is 1. The van der Waals surface area contributed by atoms with E-state index in [9.17, 15) is 27.6 Å². The van der Waals surface area contributed by atoms with Crippen LogP contribution in [0, 0.1) is 0 Å². The highest BCUT2D eigenvalue weighted by Crippen LogP contribution is 2.33. The SMILES string of the molecule is Cn1c(=O)c2c(CC(=O)Nc3nc(-c4cccc(C(F)(F)F)c4)cs3)cncc2n(C)c1=O. The molecule has 0 saturated carbocycles. The lowest BCUT2D eigenvalue weighted by Gasteiger charge is -2.10. The summed E-state index contributed by atoms with van der Waals surface area (Å²) in [6.45, 7) is 0. The van der Waals surface area contributed by atoms with Crippen LogP contribution in [-0.4, -0.2) is 25.0 Å². The summed E-state index contributed by atoms with van der Waals surface area (Å²) in [6.07, 6.45) is -1.93. The van der Waals surface area contributed by atoms with Gasteiger partial charge in [0.15, 0.2) is 5.13 Å². The molecular formula is C21H16F3N5O3S. The van der Waals surface area contributed by atoms with Crippen LogP contribution in [0.3, 0.4) is 0 Å². The molecule has 12 heteroatoms. The molecule has 0 fully saturated rings. The number of anilines is 1. The van der Waals surface area contributed by atoms with Gasteiger partial charge in [0.25, 0.3) is 5.56 Å². The summed E-state index contributed by atoms with van der Waals surface area (Å²) >= 11 is 1.06. The fourth-order valence-electron chi connectivity index (χ4n) is 3.36. The van der Waals surface area contributed by atoms with E-state index in [0.29, 0.717) is 11.1 Å². The van der Waals surface area contributed by atoms with Crippen molar-refractivity contribution in [1.82, 2.24) is 19.1 Å². The Kier molecular flexibility index (Phi) is 5.62. The van der Waals surface area contributed by atoms with E-state index < -0.39 is 28.9 Å². The lowest BCUT2D eigenvalue weighted by molar-refractivity contribution is -0.137. The third kappa shape index (κ3) is 4.29. The fraction of sp³-hybridized carbons (Fsp3) is 0.190. The number of nitrogens with one attached hydrogen (secondary N) is 1. The number of thiazole rings is 1. The van der Waals surface area contributed by atoms with Crippen LogP contribution in [-0.2, 0) is 31.5 Å². The summed E-state index contributed by atoms with van der Waals surface area (Å²) in [5.41, 5.74) is -0.662.